The van der Waals surface area contributed by atoms with Crippen molar-refractivity contribution in [3.63, 3.8) is 0 Å². The number of aryl methyl sites for hydroxylation is 2. The molecule has 0 saturated carbocycles. The first kappa shape index (κ1) is 23.5. The van der Waals surface area contributed by atoms with Crippen LogP contribution < -0.4 is 5.32 Å². The van der Waals surface area contributed by atoms with Gasteiger partial charge in [-0.15, -0.1) is 0 Å². The highest BCUT2D eigenvalue weighted by Gasteiger charge is 2.42. The topological polar surface area (TPSA) is 79.2 Å². The van der Waals surface area contributed by atoms with Gasteiger partial charge in [-0.1, -0.05) is 29.8 Å². The number of likely N-dealkylation sites (tertiary alicyclic amines) is 1. The van der Waals surface area contributed by atoms with Crippen molar-refractivity contribution in [1.82, 2.24) is 29.5 Å². The Morgan fingerprint density at radius 2 is 2.00 bits per heavy atom. The van der Waals surface area contributed by atoms with Gasteiger partial charge in [0.1, 0.15) is 0 Å². The number of rotatable bonds is 4. The number of hydrogen-bond donors (Lipinski definition) is 1. The van der Waals surface area contributed by atoms with Gasteiger partial charge in [-0.3, -0.25) is 9.48 Å². The standard InChI is InChI=1S/C27H35N7O/c1-17-7-6-8-20(11-17)25-19(3)32(4)10-9-23(25)26(35)34-16-24-21(12-18(34)2)13-28-27(31-24)30-22-14-29-33(5)15-22/h6-8,11,13-15,18-19,23,25H,9-10,12,16H2,1-5H3,(H,28,30,31)/t18-,19?,23+,25-/m1/s1. The lowest BCUT2D eigenvalue weighted by molar-refractivity contribution is -0.142. The van der Waals surface area contributed by atoms with Gasteiger partial charge >= 0.3 is 0 Å². The molecule has 1 unspecified atom stereocenters. The third kappa shape index (κ3) is 4.67. The Balaban J connectivity index is 1.40. The molecule has 0 spiro atoms. The van der Waals surface area contributed by atoms with E-state index in [1.54, 1.807) is 10.9 Å². The summed E-state index contributed by atoms with van der Waals surface area (Å²) in [7, 11) is 4.04. The summed E-state index contributed by atoms with van der Waals surface area (Å²) in [5.41, 5.74) is 5.37. The molecule has 2 aromatic heterocycles. The summed E-state index contributed by atoms with van der Waals surface area (Å²) in [5.74, 6) is 0.906. The molecule has 0 bridgehead atoms. The Hall–Kier alpha value is -3.26. The predicted octanol–water partition coefficient (Wildman–Crippen LogP) is 3.66. The van der Waals surface area contributed by atoms with E-state index in [1.165, 1.54) is 11.1 Å². The molecule has 2 aliphatic heterocycles. The number of nitrogens with one attached hydrogen (secondary N) is 1. The lowest BCUT2D eigenvalue weighted by atomic mass is 9.74. The zero-order valence-electron chi connectivity index (χ0n) is 21.3. The predicted molar refractivity (Wildman–Crippen MR) is 136 cm³/mol. The molecule has 1 fully saturated rings. The summed E-state index contributed by atoms with van der Waals surface area (Å²) in [6, 6.07) is 9.08. The minimum Gasteiger partial charge on any atom is -0.333 e. The summed E-state index contributed by atoms with van der Waals surface area (Å²) in [6.45, 7) is 7.96. The second-order valence-electron chi connectivity index (χ2n) is 10.3. The summed E-state index contributed by atoms with van der Waals surface area (Å²) < 4.78 is 1.73. The van der Waals surface area contributed by atoms with Crippen molar-refractivity contribution in [3.8, 4) is 0 Å². The van der Waals surface area contributed by atoms with Crippen LogP contribution in [0.3, 0.4) is 0 Å². The number of aromatic nitrogens is 4. The van der Waals surface area contributed by atoms with Crippen LogP contribution in [-0.2, 0) is 24.8 Å². The number of hydrogen-bond acceptors (Lipinski definition) is 6. The van der Waals surface area contributed by atoms with Crippen LogP contribution in [0.5, 0.6) is 0 Å². The Kier molecular flexibility index (Phi) is 6.32. The summed E-state index contributed by atoms with van der Waals surface area (Å²) in [4.78, 5) is 27.8. The lowest BCUT2D eigenvalue weighted by Crippen LogP contribution is -2.52. The van der Waals surface area contributed by atoms with E-state index in [0.717, 1.165) is 36.3 Å². The van der Waals surface area contributed by atoms with E-state index in [-0.39, 0.29) is 23.8 Å². The van der Waals surface area contributed by atoms with Gasteiger partial charge in [-0.2, -0.15) is 5.10 Å². The van der Waals surface area contributed by atoms with Crippen molar-refractivity contribution in [1.29, 1.82) is 0 Å². The van der Waals surface area contributed by atoms with Crippen molar-refractivity contribution in [2.75, 3.05) is 18.9 Å². The Bertz CT molecular complexity index is 1220. The van der Waals surface area contributed by atoms with Gasteiger partial charge in [0.2, 0.25) is 11.9 Å². The first-order chi connectivity index (χ1) is 16.8. The maximum atomic E-state index is 14.1. The molecule has 3 aromatic rings. The van der Waals surface area contributed by atoms with Gasteiger partial charge in [-0.25, -0.2) is 9.97 Å². The molecule has 4 atom stereocenters. The highest BCUT2D eigenvalue weighted by atomic mass is 16.2. The van der Waals surface area contributed by atoms with Crippen LogP contribution >= 0.6 is 0 Å². The second kappa shape index (κ2) is 9.41. The van der Waals surface area contributed by atoms with Crippen molar-refractivity contribution >= 4 is 17.5 Å². The van der Waals surface area contributed by atoms with Crippen molar-refractivity contribution < 1.29 is 4.79 Å². The highest BCUT2D eigenvalue weighted by Crippen LogP contribution is 2.39. The molecule has 4 heterocycles. The van der Waals surface area contributed by atoms with Crippen molar-refractivity contribution in [3.05, 3.63) is 65.2 Å². The average Bonchev–Trinajstić information content (AvgIpc) is 3.24. The summed E-state index contributed by atoms with van der Waals surface area (Å²) >= 11 is 0. The quantitative estimate of drug-likeness (QED) is 0.623. The van der Waals surface area contributed by atoms with Crippen molar-refractivity contribution in [2.24, 2.45) is 13.0 Å². The molecule has 0 aliphatic carbocycles. The van der Waals surface area contributed by atoms with Gasteiger partial charge in [0.25, 0.3) is 0 Å². The number of fused-ring (bicyclic) bond motifs is 1. The minimum atomic E-state index is -0.0400. The average molecular weight is 474 g/mol. The molecule has 184 valence electrons. The number of carbonyl (C=O) groups excluding carboxylic acids is 1. The molecule has 5 rings (SSSR count). The first-order valence-electron chi connectivity index (χ1n) is 12.5. The van der Waals surface area contributed by atoms with E-state index in [9.17, 15) is 4.79 Å². The molecule has 1 N–H and O–H groups in total. The zero-order chi connectivity index (χ0) is 24.7. The Labute approximate surface area is 207 Å². The number of anilines is 2. The van der Waals surface area contributed by atoms with Crippen LogP contribution in [0.4, 0.5) is 11.6 Å². The Morgan fingerprint density at radius 3 is 2.74 bits per heavy atom. The SMILES string of the molecule is Cc1cccc([C@H]2C(C)N(C)CC[C@@H]2C(=O)N2Cc3nc(Nc4cnn(C)c4)ncc3C[C@H]2C)c1. The van der Waals surface area contributed by atoms with Crippen LogP contribution in [-0.4, -0.2) is 61.1 Å². The van der Waals surface area contributed by atoms with Gasteiger partial charge in [0.05, 0.1) is 24.1 Å². The third-order valence-electron chi connectivity index (χ3n) is 7.75. The van der Waals surface area contributed by atoms with E-state index in [1.807, 2.05) is 19.4 Å². The maximum absolute atomic E-state index is 14.1. The molecule has 8 heteroatoms. The molecule has 0 radical (unpaired) electrons. The molecule has 1 amide bonds. The summed E-state index contributed by atoms with van der Waals surface area (Å²) in [5, 5.41) is 7.41. The lowest BCUT2D eigenvalue weighted by Gasteiger charge is -2.45. The van der Waals surface area contributed by atoms with Crippen LogP contribution in [0.15, 0.2) is 42.9 Å². The Morgan fingerprint density at radius 1 is 1.17 bits per heavy atom. The fraction of sp³-hybridized carbons (Fsp3) is 0.481. The van der Waals surface area contributed by atoms with Crippen LogP contribution in [0.25, 0.3) is 0 Å². The smallest absolute Gasteiger partial charge is 0.227 e. The number of likely N-dealkylation sites (N-methyl/N-ethyl adjacent to an activating group) is 1. The third-order valence-corrected chi connectivity index (χ3v) is 7.75. The number of nitrogens with zero attached hydrogens (tertiary/aromatic N) is 6. The molecular weight excluding hydrogens is 438 g/mol. The van der Waals surface area contributed by atoms with E-state index < -0.39 is 0 Å². The molecule has 1 saturated heterocycles. The van der Waals surface area contributed by atoms with E-state index in [0.29, 0.717) is 18.5 Å². The van der Waals surface area contributed by atoms with E-state index >= 15 is 0 Å². The van der Waals surface area contributed by atoms with Crippen LogP contribution in [0.2, 0.25) is 0 Å². The highest BCUT2D eigenvalue weighted by molar-refractivity contribution is 5.81. The zero-order valence-corrected chi connectivity index (χ0v) is 21.3. The van der Waals surface area contributed by atoms with Crippen molar-refractivity contribution in [2.45, 2.75) is 58.2 Å². The minimum absolute atomic E-state index is 0.0400. The van der Waals surface area contributed by atoms with E-state index in [4.69, 9.17) is 4.98 Å². The number of amides is 1. The maximum Gasteiger partial charge on any atom is 0.227 e. The normalized spacial score (nSPS) is 24.8. The number of carbonyl (C=O) groups is 1. The fourth-order valence-corrected chi connectivity index (χ4v) is 5.68. The monoisotopic (exact) mass is 473 g/mol. The van der Waals surface area contributed by atoms with Crippen LogP contribution in [0.1, 0.15) is 48.6 Å². The van der Waals surface area contributed by atoms with Gasteiger partial charge < -0.3 is 15.1 Å². The van der Waals surface area contributed by atoms with E-state index in [2.05, 4.69) is 77.3 Å². The fourth-order valence-electron chi connectivity index (χ4n) is 5.68. The first-order valence-corrected chi connectivity index (χ1v) is 12.5. The molecule has 35 heavy (non-hydrogen) atoms. The number of benzene rings is 1. The van der Waals surface area contributed by atoms with Gasteiger partial charge in [0, 0.05) is 43.4 Å². The molecule has 8 nitrogen and oxygen atoms in total. The second-order valence-corrected chi connectivity index (χ2v) is 10.3. The van der Waals surface area contributed by atoms with Crippen LogP contribution in [0, 0.1) is 12.8 Å². The molecule has 2 aliphatic rings. The number of piperidine rings is 1. The van der Waals surface area contributed by atoms with Gasteiger partial charge in [-0.05, 0) is 58.3 Å². The molecule has 1 aromatic carbocycles. The van der Waals surface area contributed by atoms with Gasteiger partial charge in [0.15, 0.2) is 0 Å². The molecular formula is C27H35N7O. The largest absolute Gasteiger partial charge is 0.333 e. The summed E-state index contributed by atoms with van der Waals surface area (Å²) in [6.07, 6.45) is 7.16.